The molecule has 2 unspecified atom stereocenters. The molecule has 1 aliphatic rings. The van der Waals surface area contributed by atoms with Crippen LogP contribution in [0, 0.1) is 0 Å². The van der Waals surface area contributed by atoms with E-state index in [0.29, 0.717) is 28.6 Å². The fourth-order valence-corrected chi connectivity index (χ4v) is 3.73. The molecule has 0 fully saturated rings. The van der Waals surface area contributed by atoms with E-state index in [1.54, 1.807) is 31.5 Å². The number of carbonyl (C=O) groups excluding carboxylic acids is 1. The zero-order valence-corrected chi connectivity index (χ0v) is 17.7. The Kier molecular flexibility index (Phi) is 7.19. The number of ether oxygens (including phenoxy) is 2. The molecule has 0 saturated heterocycles. The average molecular weight is 410 g/mol. The Morgan fingerprint density at radius 2 is 1.93 bits per heavy atom. The Morgan fingerprint density at radius 1 is 1.13 bits per heavy atom. The van der Waals surface area contributed by atoms with E-state index in [-0.39, 0.29) is 11.9 Å². The summed E-state index contributed by atoms with van der Waals surface area (Å²) >= 11 is 0. The summed E-state index contributed by atoms with van der Waals surface area (Å²) < 4.78 is 11.3. The number of hydrogen-bond acceptors (Lipinski definition) is 5. The lowest BCUT2D eigenvalue weighted by Crippen LogP contribution is -2.59. The number of amides is 1. The minimum absolute atomic E-state index is 0.176. The summed E-state index contributed by atoms with van der Waals surface area (Å²) in [7, 11) is 5.32. The maximum atomic E-state index is 12.5. The zero-order valence-electron chi connectivity index (χ0n) is 17.7. The van der Waals surface area contributed by atoms with Crippen LogP contribution in [0.25, 0.3) is 0 Å². The summed E-state index contributed by atoms with van der Waals surface area (Å²) in [5, 5.41) is 2.99. The van der Waals surface area contributed by atoms with Gasteiger partial charge in [-0.15, -0.1) is 0 Å². The smallest absolute Gasteiger partial charge is 0.398 e. The third-order valence-electron chi connectivity index (χ3n) is 5.44. The number of aromatic nitrogens is 1. The quantitative estimate of drug-likeness (QED) is 0.681. The monoisotopic (exact) mass is 409 g/mol. The molecule has 158 valence electrons. The molecule has 1 N–H and O–H groups in total. The Morgan fingerprint density at radius 3 is 2.67 bits per heavy atom. The van der Waals surface area contributed by atoms with Gasteiger partial charge in [-0.2, -0.15) is 4.99 Å². The van der Waals surface area contributed by atoms with Crippen LogP contribution < -0.4 is 10.1 Å². The zero-order chi connectivity index (χ0) is 21.4. The molecule has 0 aliphatic carbocycles. The standard InChI is InChI=1S/C23H28N4O3/c1-27(16-8-14-25-23(27)30-3)19(17-18-9-5-4-6-10-18)13-15-24-22(28)20-11-7-12-21(26-20)29-2/h4-12,14,19H,13,15-17H2,1-3H3/p+1. The number of benzene rings is 1. The first-order chi connectivity index (χ1) is 14.6. The van der Waals surface area contributed by atoms with Gasteiger partial charge in [-0.05, 0) is 17.7 Å². The highest BCUT2D eigenvalue weighted by Crippen LogP contribution is 2.23. The number of quaternary nitrogens is 1. The summed E-state index contributed by atoms with van der Waals surface area (Å²) in [6.07, 6.45) is 5.45. The number of likely N-dealkylation sites (N-methyl/N-ethyl adjacent to an activating group) is 1. The number of nitrogens with zero attached hydrogens (tertiary/aromatic N) is 3. The molecule has 7 heteroatoms. The second kappa shape index (κ2) is 10.0. The van der Waals surface area contributed by atoms with Crippen molar-refractivity contribution in [2.45, 2.75) is 18.9 Å². The van der Waals surface area contributed by atoms with E-state index < -0.39 is 0 Å². The maximum Gasteiger partial charge on any atom is 0.398 e. The van der Waals surface area contributed by atoms with Crippen LogP contribution in [0.5, 0.6) is 5.88 Å². The molecule has 2 heterocycles. The molecule has 7 nitrogen and oxygen atoms in total. The highest BCUT2D eigenvalue weighted by Gasteiger charge is 2.40. The van der Waals surface area contributed by atoms with Crippen molar-refractivity contribution in [1.29, 1.82) is 0 Å². The topological polar surface area (TPSA) is 72.8 Å². The van der Waals surface area contributed by atoms with Crippen LogP contribution in [0.4, 0.5) is 0 Å². The van der Waals surface area contributed by atoms with E-state index in [9.17, 15) is 4.79 Å². The number of aliphatic imine (C=N–C) groups is 1. The van der Waals surface area contributed by atoms with Crippen LogP contribution in [0.15, 0.2) is 65.8 Å². The average Bonchev–Trinajstić information content (AvgIpc) is 2.79. The Bertz CT molecular complexity index is 914. The van der Waals surface area contributed by atoms with Crippen LogP contribution in [0.2, 0.25) is 0 Å². The summed E-state index contributed by atoms with van der Waals surface area (Å²) in [6.45, 7) is 1.30. The number of carbonyl (C=O) groups is 1. The first kappa shape index (κ1) is 21.5. The van der Waals surface area contributed by atoms with Crippen LogP contribution in [-0.4, -0.2) is 61.8 Å². The minimum Gasteiger partial charge on any atom is -0.481 e. The Balaban J connectivity index is 1.71. The molecule has 0 bridgehead atoms. The molecule has 1 aromatic carbocycles. The summed E-state index contributed by atoms with van der Waals surface area (Å²) in [4.78, 5) is 21.2. The number of methoxy groups -OCH3 is 2. The van der Waals surface area contributed by atoms with Gasteiger partial charge in [-0.1, -0.05) is 36.4 Å². The largest absolute Gasteiger partial charge is 0.481 e. The van der Waals surface area contributed by atoms with Gasteiger partial charge in [-0.25, -0.2) is 9.47 Å². The molecule has 30 heavy (non-hydrogen) atoms. The van der Waals surface area contributed by atoms with Crippen molar-refractivity contribution in [3.63, 3.8) is 0 Å². The Hall–Kier alpha value is -3.19. The van der Waals surface area contributed by atoms with E-state index in [1.807, 2.05) is 18.2 Å². The SMILES string of the molecule is COC1=NC=CC[N+]1(C)C(CCNC(=O)c1cccc(OC)n1)Cc1ccccc1. The number of nitrogens with one attached hydrogen (secondary N) is 1. The van der Waals surface area contributed by atoms with Crippen molar-refractivity contribution in [3.05, 3.63) is 72.1 Å². The minimum atomic E-state index is -0.214. The molecule has 1 aromatic heterocycles. The van der Waals surface area contributed by atoms with Crippen molar-refractivity contribution in [1.82, 2.24) is 10.3 Å². The highest BCUT2D eigenvalue weighted by molar-refractivity contribution is 5.92. The van der Waals surface area contributed by atoms with E-state index >= 15 is 0 Å². The van der Waals surface area contributed by atoms with Crippen LogP contribution in [-0.2, 0) is 11.2 Å². The number of pyridine rings is 1. The molecular formula is C23H29N4O3+. The van der Waals surface area contributed by atoms with E-state index in [4.69, 9.17) is 9.47 Å². The number of rotatable bonds is 8. The third kappa shape index (κ3) is 5.04. The lowest BCUT2D eigenvalue weighted by molar-refractivity contribution is -0.851. The van der Waals surface area contributed by atoms with Gasteiger partial charge in [0.2, 0.25) is 5.88 Å². The summed E-state index contributed by atoms with van der Waals surface area (Å²) in [5.74, 6) is 0.206. The van der Waals surface area contributed by atoms with Gasteiger partial charge in [0.15, 0.2) is 0 Å². The molecule has 0 radical (unpaired) electrons. The van der Waals surface area contributed by atoms with Crippen molar-refractivity contribution >= 4 is 11.9 Å². The third-order valence-corrected chi connectivity index (χ3v) is 5.44. The second-order valence-corrected chi connectivity index (χ2v) is 7.40. The van der Waals surface area contributed by atoms with Gasteiger partial charge in [0.25, 0.3) is 5.91 Å². The molecular weight excluding hydrogens is 380 g/mol. The summed E-state index contributed by atoms with van der Waals surface area (Å²) in [6, 6.07) is 16.4. The van der Waals surface area contributed by atoms with E-state index in [1.165, 1.54) is 12.7 Å². The molecule has 2 atom stereocenters. The van der Waals surface area contributed by atoms with Crippen LogP contribution in [0.3, 0.4) is 0 Å². The van der Waals surface area contributed by atoms with Crippen molar-refractivity contribution in [2.24, 2.45) is 4.99 Å². The molecule has 3 rings (SSSR count). The predicted molar refractivity (Wildman–Crippen MR) is 116 cm³/mol. The summed E-state index contributed by atoms with van der Waals surface area (Å²) in [5.41, 5.74) is 1.59. The van der Waals surface area contributed by atoms with Gasteiger partial charge >= 0.3 is 6.02 Å². The van der Waals surface area contributed by atoms with Gasteiger partial charge in [0, 0.05) is 31.7 Å². The van der Waals surface area contributed by atoms with E-state index in [2.05, 4.69) is 40.5 Å². The highest BCUT2D eigenvalue weighted by atomic mass is 16.5. The first-order valence-electron chi connectivity index (χ1n) is 10.0. The van der Waals surface area contributed by atoms with Crippen LogP contribution in [0.1, 0.15) is 22.5 Å². The van der Waals surface area contributed by atoms with Gasteiger partial charge in [-0.3, -0.25) is 4.79 Å². The lowest BCUT2D eigenvalue weighted by atomic mass is 9.99. The fourth-order valence-electron chi connectivity index (χ4n) is 3.73. The van der Waals surface area contributed by atoms with Gasteiger partial charge < -0.3 is 14.8 Å². The molecule has 0 spiro atoms. The van der Waals surface area contributed by atoms with Gasteiger partial charge in [0.05, 0.1) is 21.3 Å². The van der Waals surface area contributed by atoms with E-state index in [0.717, 1.165) is 19.4 Å². The lowest BCUT2D eigenvalue weighted by Gasteiger charge is -2.40. The number of amidine groups is 1. The molecule has 0 saturated carbocycles. The second-order valence-electron chi connectivity index (χ2n) is 7.40. The van der Waals surface area contributed by atoms with Crippen molar-refractivity contribution in [2.75, 3.05) is 34.4 Å². The molecule has 1 amide bonds. The molecule has 2 aromatic rings. The van der Waals surface area contributed by atoms with Gasteiger partial charge in [0.1, 0.15) is 18.3 Å². The molecule has 1 aliphatic heterocycles. The maximum absolute atomic E-state index is 12.5. The van der Waals surface area contributed by atoms with Crippen LogP contribution >= 0.6 is 0 Å². The van der Waals surface area contributed by atoms with Crippen molar-refractivity contribution < 1.29 is 18.8 Å². The number of hydrogen-bond donors (Lipinski definition) is 1. The predicted octanol–water partition coefficient (Wildman–Crippen LogP) is 2.80. The fraction of sp³-hybridized carbons (Fsp3) is 0.348. The van der Waals surface area contributed by atoms with Crippen molar-refractivity contribution in [3.8, 4) is 5.88 Å². The first-order valence-corrected chi connectivity index (χ1v) is 10.0. The normalized spacial score (nSPS) is 19.0. The Labute approximate surface area is 177 Å².